The van der Waals surface area contributed by atoms with E-state index < -0.39 is 12.2 Å². The van der Waals surface area contributed by atoms with Crippen LogP contribution < -0.4 is 0 Å². The van der Waals surface area contributed by atoms with Crippen molar-refractivity contribution in [1.29, 1.82) is 0 Å². The first-order valence-electron chi connectivity index (χ1n) is 9.69. The summed E-state index contributed by atoms with van der Waals surface area (Å²) in [6.45, 7) is 13.6. The molecule has 0 spiro atoms. The van der Waals surface area contributed by atoms with Gasteiger partial charge in [0, 0.05) is 5.92 Å². The average molecular weight is 361 g/mol. The highest BCUT2D eigenvalue weighted by Crippen LogP contribution is 2.27. The molecule has 0 bridgehead atoms. The van der Waals surface area contributed by atoms with Gasteiger partial charge in [-0.15, -0.1) is 6.58 Å². The zero-order valence-electron chi connectivity index (χ0n) is 17.0. The van der Waals surface area contributed by atoms with Crippen LogP contribution in [-0.2, 0) is 0 Å². The molecule has 3 heteroatoms. The number of aryl methyl sites for hydroxylation is 2. The predicted octanol–water partition coefficient (Wildman–Crippen LogP) is 5.15. The molecule has 1 aromatic carbocycles. The van der Waals surface area contributed by atoms with E-state index in [0.717, 1.165) is 36.0 Å². The SMILES string of the molecule is C=C[C@H]([C@H](O)CC/C(=C/c1cc(C)c(O)c(C)c1)CCC)[C@H](O)C(C)C. The Morgan fingerprint density at radius 2 is 1.69 bits per heavy atom. The second-order valence-electron chi connectivity index (χ2n) is 7.71. The second kappa shape index (κ2) is 10.5. The lowest BCUT2D eigenvalue weighted by molar-refractivity contribution is 0.00883. The van der Waals surface area contributed by atoms with Crippen LogP contribution in [0.5, 0.6) is 5.75 Å². The Morgan fingerprint density at radius 1 is 1.12 bits per heavy atom. The van der Waals surface area contributed by atoms with Crippen molar-refractivity contribution in [2.24, 2.45) is 11.8 Å². The highest BCUT2D eigenvalue weighted by atomic mass is 16.3. The maximum Gasteiger partial charge on any atom is 0.121 e. The number of hydrogen-bond donors (Lipinski definition) is 3. The first kappa shape index (κ1) is 22.5. The van der Waals surface area contributed by atoms with Crippen LogP contribution in [0.4, 0.5) is 0 Å². The summed E-state index contributed by atoms with van der Waals surface area (Å²) < 4.78 is 0. The summed E-state index contributed by atoms with van der Waals surface area (Å²) in [5.74, 6) is 0.128. The minimum atomic E-state index is -0.603. The largest absolute Gasteiger partial charge is 0.507 e. The average Bonchev–Trinajstić information content (AvgIpc) is 2.58. The summed E-state index contributed by atoms with van der Waals surface area (Å²) >= 11 is 0. The molecule has 0 aromatic heterocycles. The molecular weight excluding hydrogens is 324 g/mol. The number of aromatic hydroxyl groups is 1. The minimum absolute atomic E-state index is 0.0845. The summed E-state index contributed by atoms with van der Waals surface area (Å²) in [4.78, 5) is 0. The molecule has 0 heterocycles. The standard InChI is InChI=1S/C23H36O3/c1-7-9-18(14-19-12-16(5)23(26)17(6)13-19)10-11-21(24)20(8-2)22(25)15(3)4/h8,12-15,20-22,24-26H,2,7,9-11H2,1,3-6H3/b18-14+/t20-,21-,22-/m1/s1. The quantitative estimate of drug-likeness (QED) is 0.506. The molecule has 1 rings (SSSR count). The molecule has 3 nitrogen and oxygen atoms in total. The number of phenols is 1. The Kier molecular flexibility index (Phi) is 9.11. The molecule has 0 amide bonds. The number of phenolic OH excluding ortho intramolecular Hbond substituents is 1. The monoisotopic (exact) mass is 360 g/mol. The van der Waals surface area contributed by atoms with Gasteiger partial charge >= 0.3 is 0 Å². The highest BCUT2D eigenvalue weighted by Gasteiger charge is 2.26. The van der Waals surface area contributed by atoms with Gasteiger partial charge in [0.15, 0.2) is 0 Å². The molecule has 0 aliphatic rings. The van der Waals surface area contributed by atoms with Crippen molar-refractivity contribution in [3.05, 3.63) is 47.1 Å². The van der Waals surface area contributed by atoms with Crippen LogP contribution in [0.2, 0.25) is 0 Å². The summed E-state index contributed by atoms with van der Waals surface area (Å²) in [6.07, 6.45) is 6.04. The zero-order valence-corrected chi connectivity index (χ0v) is 17.0. The number of rotatable bonds is 10. The lowest BCUT2D eigenvalue weighted by Gasteiger charge is -2.27. The fourth-order valence-corrected chi connectivity index (χ4v) is 3.39. The molecule has 3 atom stereocenters. The van der Waals surface area contributed by atoms with E-state index in [0.29, 0.717) is 12.2 Å². The van der Waals surface area contributed by atoms with Gasteiger partial charge in [-0.05, 0) is 67.9 Å². The van der Waals surface area contributed by atoms with E-state index in [1.54, 1.807) is 6.08 Å². The number of hydrogen-bond acceptors (Lipinski definition) is 3. The summed E-state index contributed by atoms with van der Waals surface area (Å²) in [6, 6.07) is 3.98. The Morgan fingerprint density at radius 3 is 2.15 bits per heavy atom. The number of benzene rings is 1. The maximum absolute atomic E-state index is 10.5. The van der Waals surface area contributed by atoms with E-state index >= 15 is 0 Å². The molecule has 146 valence electrons. The van der Waals surface area contributed by atoms with Gasteiger partial charge in [0.05, 0.1) is 12.2 Å². The van der Waals surface area contributed by atoms with E-state index in [4.69, 9.17) is 0 Å². The van der Waals surface area contributed by atoms with Crippen molar-refractivity contribution < 1.29 is 15.3 Å². The molecule has 3 N–H and O–H groups in total. The molecule has 0 radical (unpaired) electrons. The Hall–Kier alpha value is -1.58. The third-order valence-electron chi connectivity index (χ3n) is 5.01. The molecule has 0 fully saturated rings. The summed E-state index contributed by atoms with van der Waals surface area (Å²) in [7, 11) is 0. The van der Waals surface area contributed by atoms with Crippen LogP contribution in [0.1, 0.15) is 63.1 Å². The molecule has 0 aliphatic heterocycles. The number of allylic oxidation sites excluding steroid dienone is 1. The van der Waals surface area contributed by atoms with Gasteiger partial charge in [-0.2, -0.15) is 0 Å². The van der Waals surface area contributed by atoms with Crippen molar-refractivity contribution in [3.63, 3.8) is 0 Å². The van der Waals surface area contributed by atoms with Crippen LogP contribution >= 0.6 is 0 Å². The first-order chi connectivity index (χ1) is 12.2. The van der Waals surface area contributed by atoms with Gasteiger partial charge in [-0.25, -0.2) is 0 Å². The first-order valence-corrected chi connectivity index (χ1v) is 9.69. The maximum atomic E-state index is 10.5. The summed E-state index contributed by atoms with van der Waals surface area (Å²) in [5, 5.41) is 30.8. The smallest absolute Gasteiger partial charge is 0.121 e. The zero-order chi connectivity index (χ0) is 19.9. The second-order valence-corrected chi connectivity index (χ2v) is 7.71. The Bertz CT molecular complexity index is 593. The molecule has 26 heavy (non-hydrogen) atoms. The van der Waals surface area contributed by atoms with Gasteiger partial charge in [0.1, 0.15) is 5.75 Å². The Balaban J connectivity index is 2.90. The van der Waals surface area contributed by atoms with Crippen molar-refractivity contribution >= 4 is 6.08 Å². The molecule has 0 unspecified atom stereocenters. The van der Waals surface area contributed by atoms with Crippen molar-refractivity contribution in [3.8, 4) is 5.75 Å². The molecule has 1 aromatic rings. The van der Waals surface area contributed by atoms with Gasteiger partial charge in [0.2, 0.25) is 0 Å². The van der Waals surface area contributed by atoms with E-state index in [1.165, 1.54) is 5.57 Å². The lowest BCUT2D eigenvalue weighted by Crippen LogP contribution is -2.33. The molecule has 0 aliphatic carbocycles. The topological polar surface area (TPSA) is 60.7 Å². The van der Waals surface area contributed by atoms with Crippen LogP contribution in [0.15, 0.2) is 30.4 Å². The number of aliphatic hydroxyl groups is 2. The Labute approximate surface area is 159 Å². The van der Waals surface area contributed by atoms with Crippen LogP contribution in [0, 0.1) is 25.7 Å². The van der Waals surface area contributed by atoms with E-state index in [9.17, 15) is 15.3 Å². The predicted molar refractivity (Wildman–Crippen MR) is 110 cm³/mol. The number of aliphatic hydroxyl groups excluding tert-OH is 2. The summed E-state index contributed by atoms with van der Waals surface area (Å²) in [5.41, 5.74) is 4.11. The van der Waals surface area contributed by atoms with Crippen molar-refractivity contribution in [2.75, 3.05) is 0 Å². The minimum Gasteiger partial charge on any atom is -0.507 e. The lowest BCUT2D eigenvalue weighted by atomic mass is 9.86. The van der Waals surface area contributed by atoms with Gasteiger partial charge in [-0.1, -0.05) is 44.9 Å². The van der Waals surface area contributed by atoms with Crippen LogP contribution in [0.25, 0.3) is 6.08 Å². The molecule has 0 saturated heterocycles. The van der Waals surface area contributed by atoms with Crippen LogP contribution in [-0.4, -0.2) is 27.5 Å². The molecule has 0 saturated carbocycles. The van der Waals surface area contributed by atoms with Gasteiger partial charge in [-0.3, -0.25) is 0 Å². The normalized spacial score (nSPS) is 15.8. The highest BCUT2D eigenvalue weighted by molar-refractivity contribution is 5.58. The van der Waals surface area contributed by atoms with Crippen molar-refractivity contribution in [1.82, 2.24) is 0 Å². The van der Waals surface area contributed by atoms with Gasteiger partial charge in [0.25, 0.3) is 0 Å². The van der Waals surface area contributed by atoms with E-state index in [-0.39, 0.29) is 11.8 Å². The third kappa shape index (κ3) is 6.30. The van der Waals surface area contributed by atoms with Crippen LogP contribution in [0.3, 0.4) is 0 Å². The van der Waals surface area contributed by atoms with Crippen molar-refractivity contribution in [2.45, 2.75) is 72.5 Å². The fraction of sp³-hybridized carbons (Fsp3) is 0.565. The van der Waals surface area contributed by atoms with Gasteiger partial charge < -0.3 is 15.3 Å². The van der Waals surface area contributed by atoms with E-state index in [2.05, 4.69) is 19.6 Å². The third-order valence-corrected chi connectivity index (χ3v) is 5.01. The molecular formula is C23H36O3. The van der Waals surface area contributed by atoms with E-state index in [1.807, 2.05) is 39.8 Å². The fourth-order valence-electron chi connectivity index (χ4n) is 3.39.